The number of nitrogens with zero attached hydrogens (tertiary/aromatic N) is 2. The molecule has 0 radical (unpaired) electrons. The number of nitrogens with one attached hydrogen (secondary N) is 1. The molecule has 1 unspecified atom stereocenters. The van der Waals surface area contributed by atoms with Gasteiger partial charge in [0.15, 0.2) is 0 Å². The molecule has 5 heteroatoms. The number of hydrazine groups is 1. The van der Waals surface area contributed by atoms with Crippen LogP contribution in [0.5, 0.6) is 0 Å². The number of hydrogen-bond donors (Lipinski definition) is 2. The Bertz CT molecular complexity index is 559. The van der Waals surface area contributed by atoms with E-state index in [0.717, 1.165) is 17.7 Å². The number of nitrogens with two attached hydrogens (primary N) is 1. The Morgan fingerprint density at radius 2 is 1.90 bits per heavy atom. The van der Waals surface area contributed by atoms with Gasteiger partial charge in [-0.15, -0.1) is 0 Å². The van der Waals surface area contributed by atoms with Crippen LogP contribution in [0.3, 0.4) is 0 Å². The average molecular weight is 284 g/mol. The van der Waals surface area contributed by atoms with Gasteiger partial charge in [-0.2, -0.15) is 0 Å². The highest BCUT2D eigenvalue weighted by Gasteiger charge is 2.21. The lowest BCUT2D eigenvalue weighted by Gasteiger charge is -2.23. The summed E-state index contributed by atoms with van der Waals surface area (Å²) in [6, 6.07) is 13.6. The summed E-state index contributed by atoms with van der Waals surface area (Å²) < 4.78 is 0. The molecule has 1 amide bonds. The molecule has 0 aliphatic rings. The molecule has 0 saturated carbocycles. The lowest BCUT2D eigenvalue weighted by molar-refractivity contribution is -0.123. The van der Waals surface area contributed by atoms with Crippen LogP contribution < -0.4 is 11.3 Å². The highest BCUT2D eigenvalue weighted by Crippen LogP contribution is 2.17. The first kappa shape index (κ1) is 15.2. The lowest BCUT2D eigenvalue weighted by atomic mass is 9.97. The number of rotatable bonds is 6. The van der Waals surface area contributed by atoms with Gasteiger partial charge in [-0.05, 0) is 30.3 Å². The summed E-state index contributed by atoms with van der Waals surface area (Å²) in [5.41, 5.74) is 4.38. The van der Waals surface area contributed by atoms with Gasteiger partial charge in [-0.3, -0.25) is 15.2 Å². The van der Waals surface area contributed by atoms with E-state index in [1.807, 2.05) is 49.5 Å². The van der Waals surface area contributed by atoms with Gasteiger partial charge in [0.2, 0.25) is 5.91 Å². The normalized spacial score (nSPS) is 12.1. The molecule has 5 nitrogen and oxygen atoms in total. The molecule has 0 aliphatic carbocycles. The Hall–Kier alpha value is -2.24. The van der Waals surface area contributed by atoms with Crippen LogP contribution in [0.1, 0.15) is 17.0 Å². The van der Waals surface area contributed by atoms with Crippen LogP contribution in [0, 0.1) is 0 Å². The molecule has 1 heterocycles. The van der Waals surface area contributed by atoms with Gasteiger partial charge in [0.25, 0.3) is 0 Å². The Balaban J connectivity index is 2.07. The van der Waals surface area contributed by atoms with Crippen molar-refractivity contribution in [3.63, 3.8) is 0 Å². The van der Waals surface area contributed by atoms with Crippen LogP contribution in [-0.2, 0) is 11.3 Å². The fraction of sp³-hybridized carbons (Fsp3) is 0.250. The molecular weight excluding hydrogens is 264 g/mol. The maximum absolute atomic E-state index is 12.0. The van der Waals surface area contributed by atoms with E-state index in [1.54, 1.807) is 12.4 Å². The van der Waals surface area contributed by atoms with Gasteiger partial charge in [-0.25, -0.2) is 5.84 Å². The summed E-state index contributed by atoms with van der Waals surface area (Å²) >= 11 is 0. The van der Waals surface area contributed by atoms with Crippen LogP contribution in [0.4, 0.5) is 0 Å². The maximum Gasteiger partial charge on any atom is 0.242 e. The minimum absolute atomic E-state index is 0.178. The van der Waals surface area contributed by atoms with Crippen molar-refractivity contribution in [1.29, 1.82) is 0 Å². The topological polar surface area (TPSA) is 71.2 Å². The number of amides is 1. The van der Waals surface area contributed by atoms with Gasteiger partial charge in [-0.1, -0.05) is 30.3 Å². The summed E-state index contributed by atoms with van der Waals surface area (Å²) in [6.45, 7) is 1.35. The van der Waals surface area contributed by atoms with Crippen molar-refractivity contribution in [2.45, 2.75) is 12.5 Å². The molecule has 21 heavy (non-hydrogen) atoms. The first-order valence-electron chi connectivity index (χ1n) is 6.83. The van der Waals surface area contributed by atoms with E-state index in [1.165, 1.54) is 0 Å². The SMILES string of the molecule is CN(Cc1ccncc1)CC(C(=O)NN)c1ccccc1. The molecule has 0 saturated heterocycles. The third-order valence-corrected chi connectivity index (χ3v) is 3.36. The summed E-state index contributed by atoms with van der Waals surface area (Å²) in [5.74, 6) is 4.85. The zero-order valence-electron chi connectivity index (χ0n) is 12.1. The van der Waals surface area contributed by atoms with Crippen molar-refractivity contribution < 1.29 is 4.79 Å². The number of aromatic nitrogens is 1. The monoisotopic (exact) mass is 284 g/mol. The largest absolute Gasteiger partial charge is 0.301 e. The predicted molar refractivity (Wildman–Crippen MR) is 82.1 cm³/mol. The quantitative estimate of drug-likeness (QED) is 0.476. The van der Waals surface area contributed by atoms with Crippen molar-refractivity contribution in [2.75, 3.05) is 13.6 Å². The van der Waals surface area contributed by atoms with Crippen LogP contribution in [-0.4, -0.2) is 29.4 Å². The van der Waals surface area contributed by atoms with E-state index < -0.39 is 0 Å². The second-order valence-corrected chi connectivity index (χ2v) is 5.02. The highest BCUT2D eigenvalue weighted by molar-refractivity contribution is 5.83. The number of pyridine rings is 1. The third-order valence-electron chi connectivity index (χ3n) is 3.36. The number of hydrogen-bond acceptors (Lipinski definition) is 4. The molecular formula is C16H20N4O. The molecule has 2 aromatic rings. The summed E-state index contributed by atoms with van der Waals surface area (Å²) in [6.07, 6.45) is 3.54. The molecule has 1 aromatic carbocycles. The standard InChI is InChI=1S/C16H20N4O/c1-20(11-13-7-9-18-10-8-13)12-15(16(21)19-17)14-5-3-2-4-6-14/h2-10,15H,11-12,17H2,1H3,(H,19,21). The van der Waals surface area contributed by atoms with Gasteiger partial charge in [0.1, 0.15) is 0 Å². The number of likely N-dealkylation sites (N-methyl/N-ethyl adjacent to an activating group) is 1. The lowest BCUT2D eigenvalue weighted by Crippen LogP contribution is -2.39. The van der Waals surface area contributed by atoms with E-state index in [4.69, 9.17) is 5.84 Å². The molecule has 0 spiro atoms. The predicted octanol–water partition coefficient (Wildman–Crippen LogP) is 1.29. The van der Waals surface area contributed by atoms with Gasteiger partial charge >= 0.3 is 0 Å². The van der Waals surface area contributed by atoms with Gasteiger partial charge in [0.05, 0.1) is 5.92 Å². The molecule has 0 bridgehead atoms. The summed E-state index contributed by atoms with van der Waals surface area (Å²) in [4.78, 5) is 18.1. The van der Waals surface area contributed by atoms with Crippen LogP contribution in [0.15, 0.2) is 54.9 Å². The van der Waals surface area contributed by atoms with Gasteiger partial charge < -0.3 is 4.90 Å². The van der Waals surface area contributed by atoms with Crippen molar-refractivity contribution in [2.24, 2.45) is 5.84 Å². The molecule has 1 aromatic heterocycles. The number of carbonyl (C=O) groups excluding carboxylic acids is 1. The Labute approximate surface area is 124 Å². The van der Waals surface area contributed by atoms with Crippen molar-refractivity contribution in [3.8, 4) is 0 Å². The number of carbonyl (C=O) groups is 1. The summed E-state index contributed by atoms with van der Waals surface area (Å²) in [7, 11) is 1.99. The Morgan fingerprint density at radius 3 is 2.52 bits per heavy atom. The van der Waals surface area contributed by atoms with Crippen molar-refractivity contribution in [1.82, 2.24) is 15.3 Å². The first-order chi connectivity index (χ1) is 10.2. The van der Waals surface area contributed by atoms with Crippen LogP contribution in [0.25, 0.3) is 0 Å². The molecule has 0 fully saturated rings. The van der Waals surface area contributed by atoms with E-state index >= 15 is 0 Å². The minimum Gasteiger partial charge on any atom is -0.301 e. The maximum atomic E-state index is 12.0. The Kier molecular flexibility index (Phi) is 5.43. The fourth-order valence-electron chi connectivity index (χ4n) is 2.30. The smallest absolute Gasteiger partial charge is 0.242 e. The van der Waals surface area contributed by atoms with Crippen LogP contribution in [0.2, 0.25) is 0 Å². The zero-order chi connectivity index (χ0) is 15.1. The average Bonchev–Trinajstić information content (AvgIpc) is 2.53. The first-order valence-corrected chi connectivity index (χ1v) is 6.83. The fourth-order valence-corrected chi connectivity index (χ4v) is 2.30. The molecule has 3 N–H and O–H groups in total. The third kappa shape index (κ3) is 4.37. The van der Waals surface area contributed by atoms with E-state index in [-0.39, 0.29) is 11.8 Å². The number of benzene rings is 1. The molecule has 1 atom stereocenters. The van der Waals surface area contributed by atoms with Gasteiger partial charge in [0, 0.05) is 25.5 Å². The zero-order valence-corrected chi connectivity index (χ0v) is 12.1. The minimum atomic E-state index is -0.289. The molecule has 0 aliphatic heterocycles. The van der Waals surface area contributed by atoms with E-state index in [0.29, 0.717) is 6.54 Å². The molecule has 2 rings (SSSR count). The summed E-state index contributed by atoms with van der Waals surface area (Å²) in [5, 5.41) is 0. The van der Waals surface area contributed by atoms with Crippen molar-refractivity contribution in [3.05, 3.63) is 66.0 Å². The molecule has 110 valence electrons. The van der Waals surface area contributed by atoms with E-state index in [2.05, 4.69) is 15.3 Å². The van der Waals surface area contributed by atoms with E-state index in [9.17, 15) is 4.79 Å². The second-order valence-electron chi connectivity index (χ2n) is 5.02. The Morgan fingerprint density at radius 1 is 1.24 bits per heavy atom. The highest BCUT2D eigenvalue weighted by atomic mass is 16.2. The van der Waals surface area contributed by atoms with Crippen molar-refractivity contribution >= 4 is 5.91 Å². The second kappa shape index (κ2) is 7.52. The van der Waals surface area contributed by atoms with Crippen LogP contribution >= 0.6 is 0 Å².